The highest BCUT2D eigenvalue weighted by Crippen LogP contribution is 2.22. The molecule has 2 rings (SSSR count). The van der Waals surface area contributed by atoms with Crippen LogP contribution in [0.1, 0.15) is 39.9 Å². The number of para-hydroxylation sites is 1. The molecule has 0 bridgehead atoms. The standard InChI is InChI=1S/C18H27N3OS/c1-14(2)10-11-21-17(12-22-16-8-6-5-7-9-16)19-20-18(21)23-13-15(3)4/h5-9,14-15H,10-13H2,1-4H3. The molecule has 0 atom stereocenters. The summed E-state index contributed by atoms with van der Waals surface area (Å²) in [6.07, 6.45) is 1.12. The summed E-state index contributed by atoms with van der Waals surface area (Å²) in [6.45, 7) is 10.3. The first kappa shape index (κ1) is 17.9. The van der Waals surface area contributed by atoms with Crippen molar-refractivity contribution in [3.63, 3.8) is 0 Å². The number of hydrogen-bond acceptors (Lipinski definition) is 4. The van der Waals surface area contributed by atoms with E-state index in [1.807, 2.05) is 30.3 Å². The highest BCUT2D eigenvalue weighted by atomic mass is 32.2. The van der Waals surface area contributed by atoms with Crippen LogP contribution in [0, 0.1) is 11.8 Å². The van der Waals surface area contributed by atoms with Gasteiger partial charge >= 0.3 is 0 Å². The molecule has 0 spiro atoms. The fraction of sp³-hybridized carbons (Fsp3) is 0.556. The molecule has 0 amide bonds. The summed E-state index contributed by atoms with van der Waals surface area (Å²) in [6, 6.07) is 9.86. The molecule has 1 aromatic carbocycles. The van der Waals surface area contributed by atoms with E-state index < -0.39 is 0 Å². The Morgan fingerprint density at radius 1 is 1.04 bits per heavy atom. The minimum Gasteiger partial charge on any atom is -0.486 e. The first-order valence-electron chi connectivity index (χ1n) is 8.29. The molecule has 126 valence electrons. The van der Waals surface area contributed by atoms with Crippen molar-refractivity contribution in [3.05, 3.63) is 36.2 Å². The van der Waals surface area contributed by atoms with Crippen molar-refractivity contribution in [3.8, 4) is 5.75 Å². The van der Waals surface area contributed by atoms with Gasteiger partial charge in [0.05, 0.1) is 0 Å². The number of rotatable bonds is 9. The topological polar surface area (TPSA) is 39.9 Å². The lowest BCUT2D eigenvalue weighted by molar-refractivity contribution is 0.285. The monoisotopic (exact) mass is 333 g/mol. The Bertz CT molecular complexity index is 581. The third kappa shape index (κ3) is 5.90. The Morgan fingerprint density at radius 3 is 2.43 bits per heavy atom. The zero-order valence-corrected chi connectivity index (χ0v) is 15.3. The van der Waals surface area contributed by atoms with Gasteiger partial charge in [0.2, 0.25) is 0 Å². The van der Waals surface area contributed by atoms with Gasteiger partial charge in [-0.3, -0.25) is 0 Å². The van der Waals surface area contributed by atoms with Crippen LogP contribution < -0.4 is 4.74 Å². The van der Waals surface area contributed by atoms with E-state index >= 15 is 0 Å². The van der Waals surface area contributed by atoms with E-state index in [1.165, 1.54) is 0 Å². The number of ether oxygens (including phenoxy) is 1. The van der Waals surface area contributed by atoms with E-state index in [9.17, 15) is 0 Å². The molecule has 23 heavy (non-hydrogen) atoms. The maximum Gasteiger partial charge on any atom is 0.191 e. The van der Waals surface area contributed by atoms with Crippen LogP contribution in [0.2, 0.25) is 0 Å². The molecule has 1 heterocycles. The second kappa shape index (κ2) is 8.96. The van der Waals surface area contributed by atoms with Crippen molar-refractivity contribution in [2.24, 2.45) is 11.8 Å². The molecule has 4 nitrogen and oxygen atoms in total. The second-order valence-electron chi connectivity index (χ2n) is 6.54. The van der Waals surface area contributed by atoms with Crippen molar-refractivity contribution in [2.75, 3.05) is 5.75 Å². The number of aromatic nitrogens is 3. The van der Waals surface area contributed by atoms with Gasteiger partial charge in [0.25, 0.3) is 0 Å². The summed E-state index contributed by atoms with van der Waals surface area (Å²) >= 11 is 1.78. The summed E-state index contributed by atoms with van der Waals surface area (Å²) in [7, 11) is 0. The molecule has 0 saturated carbocycles. The average Bonchev–Trinajstić information content (AvgIpc) is 2.92. The van der Waals surface area contributed by atoms with Crippen molar-refractivity contribution < 1.29 is 4.74 Å². The number of nitrogens with zero attached hydrogens (tertiary/aromatic N) is 3. The first-order chi connectivity index (χ1) is 11.1. The van der Waals surface area contributed by atoms with E-state index in [4.69, 9.17) is 4.74 Å². The second-order valence-corrected chi connectivity index (χ2v) is 7.53. The van der Waals surface area contributed by atoms with Crippen LogP contribution >= 0.6 is 11.8 Å². The van der Waals surface area contributed by atoms with Crippen LogP contribution in [0.15, 0.2) is 35.5 Å². The minimum absolute atomic E-state index is 0.456. The molecule has 0 N–H and O–H groups in total. The first-order valence-corrected chi connectivity index (χ1v) is 9.27. The van der Waals surface area contributed by atoms with Gasteiger partial charge < -0.3 is 9.30 Å². The SMILES string of the molecule is CC(C)CCn1c(COc2ccccc2)nnc1SCC(C)C. The van der Waals surface area contributed by atoms with Gasteiger partial charge in [-0.05, 0) is 30.4 Å². The maximum atomic E-state index is 5.85. The number of benzene rings is 1. The van der Waals surface area contributed by atoms with Crippen molar-refractivity contribution in [2.45, 2.75) is 52.4 Å². The molecule has 0 aliphatic heterocycles. The van der Waals surface area contributed by atoms with Crippen LogP contribution in [-0.2, 0) is 13.2 Å². The number of thioether (sulfide) groups is 1. The average molecular weight is 334 g/mol. The van der Waals surface area contributed by atoms with Crippen molar-refractivity contribution in [1.82, 2.24) is 14.8 Å². The molecular weight excluding hydrogens is 306 g/mol. The Labute approximate surface area is 143 Å². The highest BCUT2D eigenvalue weighted by molar-refractivity contribution is 7.99. The van der Waals surface area contributed by atoms with Crippen LogP contribution in [0.4, 0.5) is 0 Å². The summed E-state index contributed by atoms with van der Waals surface area (Å²) in [5.41, 5.74) is 0. The van der Waals surface area contributed by atoms with Crippen molar-refractivity contribution >= 4 is 11.8 Å². The van der Waals surface area contributed by atoms with Crippen LogP contribution in [0.3, 0.4) is 0 Å². The molecule has 0 aliphatic carbocycles. The van der Waals surface area contributed by atoms with E-state index in [1.54, 1.807) is 11.8 Å². The molecule has 5 heteroatoms. The van der Waals surface area contributed by atoms with Gasteiger partial charge in [0.1, 0.15) is 12.4 Å². The smallest absolute Gasteiger partial charge is 0.191 e. The fourth-order valence-electron chi connectivity index (χ4n) is 2.05. The summed E-state index contributed by atoms with van der Waals surface area (Å²) in [5, 5.41) is 9.73. The predicted molar refractivity (Wildman–Crippen MR) is 95.8 cm³/mol. The van der Waals surface area contributed by atoms with Gasteiger partial charge in [-0.25, -0.2) is 0 Å². The lowest BCUT2D eigenvalue weighted by atomic mass is 10.1. The normalized spacial score (nSPS) is 11.4. The quantitative estimate of drug-likeness (QED) is 0.626. The van der Waals surface area contributed by atoms with Crippen molar-refractivity contribution in [1.29, 1.82) is 0 Å². The Hall–Kier alpha value is -1.49. The van der Waals surface area contributed by atoms with E-state index in [2.05, 4.69) is 42.5 Å². The van der Waals surface area contributed by atoms with E-state index in [0.717, 1.165) is 35.4 Å². The van der Waals surface area contributed by atoms with Crippen LogP contribution in [0.25, 0.3) is 0 Å². The molecule has 2 aromatic rings. The summed E-state index contributed by atoms with van der Waals surface area (Å²) < 4.78 is 8.06. The fourth-order valence-corrected chi connectivity index (χ4v) is 2.98. The largest absolute Gasteiger partial charge is 0.486 e. The third-order valence-corrected chi connectivity index (χ3v) is 4.77. The molecule has 1 aromatic heterocycles. The highest BCUT2D eigenvalue weighted by Gasteiger charge is 2.14. The molecule has 0 fully saturated rings. The zero-order chi connectivity index (χ0) is 16.7. The Balaban J connectivity index is 2.07. The maximum absolute atomic E-state index is 5.85. The summed E-state index contributed by atoms with van der Waals surface area (Å²) in [4.78, 5) is 0. The Morgan fingerprint density at radius 2 is 1.78 bits per heavy atom. The minimum atomic E-state index is 0.456. The molecule has 0 saturated heterocycles. The predicted octanol–water partition coefficient (Wildman–Crippen LogP) is 4.65. The van der Waals surface area contributed by atoms with Gasteiger partial charge in [0.15, 0.2) is 11.0 Å². The lowest BCUT2D eigenvalue weighted by Gasteiger charge is -2.13. The molecule has 0 radical (unpaired) electrons. The number of hydrogen-bond donors (Lipinski definition) is 0. The van der Waals surface area contributed by atoms with Gasteiger partial charge in [-0.2, -0.15) is 0 Å². The third-order valence-electron chi connectivity index (χ3n) is 3.38. The Kier molecular flexibility index (Phi) is 6.96. The van der Waals surface area contributed by atoms with Crippen LogP contribution in [-0.4, -0.2) is 20.5 Å². The van der Waals surface area contributed by atoms with E-state index in [-0.39, 0.29) is 0 Å². The van der Waals surface area contributed by atoms with E-state index in [0.29, 0.717) is 18.4 Å². The lowest BCUT2D eigenvalue weighted by Crippen LogP contribution is -2.10. The summed E-state index contributed by atoms with van der Waals surface area (Å²) in [5.74, 6) is 4.12. The zero-order valence-electron chi connectivity index (χ0n) is 14.5. The molecule has 0 unspecified atom stereocenters. The van der Waals surface area contributed by atoms with Gasteiger partial charge in [-0.15, -0.1) is 10.2 Å². The molecular formula is C18H27N3OS. The van der Waals surface area contributed by atoms with Gasteiger partial charge in [0, 0.05) is 12.3 Å². The van der Waals surface area contributed by atoms with Gasteiger partial charge in [-0.1, -0.05) is 57.7 Å². The van der Waals surface area contributed by atoms with Crippen LogP contribution in [0.5, 0.6) is 5.75 Å². The molecule has 0 aliphatic rings.